The molecule has 1 aliphatic heterocycles. The van der Waals surface area contributed by atoms with Crippen LogP contribution in [-0.4, -0.2) is 38.1 Å². The number of aromatic nitrogens is 2. The molecule has 2 heterocycles. The summed E-state index contributed by atoms with van der Waals surface area (Å²) in [5.41, 5.74) is 1.40. The van der Waals surface area contributed by atoms with Crippen molar-refractivity contribution in [2.75, 3.05) is 29.3 Å². The molecule has 29 heavy (non-hydrogen) atoms. The molecule has 3 aromatic rings. The first-order valence-corrected chi connectivity index (χ1v) is 11.3. The number of nitrogens with zero attached hydrogens (tertiary/aromatic N) is 3. The van der Waals surface area contributed by atoms with Gasteiger partial charge in [0, 0.05) is 13.1 Å². The van der Waals surface area contributed by atoms with Gasteiger partial charge in [0.25, 0.3) is 10.0 Å². The number of rotatable bonds is 6. The second kappa shape index (κ2) is 8.24. The molecule has 0 spiro atoms. The average molecular weight is 413 g/mol. The minimum absolute atomic E-state index is 0.153. The molecule has 1 aromatic heterocycles. The highest BCUT2D eigenvalue weighted by atomic mass is 32.2. The fourth-order valence-electron chi connectivity index (χ4n) is 3.45. The normalized spacial score (nSPS) is 14.7. The van der Waals surface area contributed by atoms with E-state index < -0.39 is 10.0 Å². The standard InChI is InChI=1S/C21H24N4O3S/c1-2-28-16-10-12-17(13-11-16)29(26,27)24-20-21(25-14-6-3-7-15-25)23-19-9-5-4-8-18(19)22-20/h4-5,8-13H,2-3,6-7,14-15H2,1H3,(H,22,24). The van der Waals surface area contributed by atoms with Crippen LogP contribution in [0, 0.1) is 0 Å². The summed E-state index contributed by atoms with van der Waals surface area (Å²) in [6.07, 6.45) is 3.28. The Hall–Kier alpha value is -2.87. The zero-order valence-electron chi connectivity index (χ0n) is 16.3. The molecule has 1 fully saturated rings. The second-order valence-corrected chi connectivity index (χ2v) is 8.62. The van der Waals surface area contributed by atoms with E-state index in [0.29, 0.717) is 23.7 Å². The van der Waals surface area contributed by atoms with Crippen LogP contribution in [0.3, 0.4) is 0 Å². The van der Waals surface area contributed by atoms with E-state index in [1.165, 1.54) is 18.6 Å². The lowest BCUT2D eigenvalue weighted by Gasteiger charge is -2.29. The Labute approximate surface area is 170 Å². The third-order valence-electron chi connectivity index (χ3n) is 4.88. The molecule has 0 atom stereocenters. The smallest absolute Gasteiger partial charge is 0.263 e. The number of sulfonamides is 1. The van der Waals surface area contributed by atoms with Crippen LogP contribution < -0.4 is 14.4 Å². The molecule has 0 amide bonds. The van der Waals surface area contributed by atoms with E-state index in [9.17, 15) is 8.42 Å². The summed E-state index contributed by atoms with van der Waals surface area (Å²) >= 11 is 0. The Balaban J connectivity index is 1.71. The number of anilines is 2. The monoisotopic (exact) mass is 412 g/mol. The lowest BCUT2D eigenvalue weighted by molar-refractivity contribution is 0.340. The Morgan fingerprint density at radius 1 is 0.966 bits per heavy atom. The number of hydrogen-bond donors (Lipinski definition) is 1. The Morgan fingerprint density at radius 3 is 2.28 bits per heavy atom. The molecule has 1 aliphatic rings. The van der Waals surface area contributed by atoms with Gasteiger partial charge in [0.2, 0.25) is 0 Å². The Bertz CT molecular complexity index is 1090. The predicted molar refractivity (Wildman–Crippen MR) is 114 cm³/mol. The molecule has 0 aliphatic carbocycles. The van der Waals surface area contributed by atoms with Crippen LogP contribution in [0.15, 0.2) is 53.4 Å². The molecule has 0 radical (unpaired) electrons. The molecular weight excluding hydrogens is 388 g/mol. The topological polar surface area (TPSA) is 84.4 Å². The van der Waals surface area contributed by atoms with Crippen molar-refractivity contribution in [1.82, 2.24) is 9.97 Å². The number of para-hydroxylation sites is 2. The molecule has 1 saturated heterocycles. The van der Waals surface area contributed by atoms with Gasteiger partial charge in [-0.15, -0.1) is 0 Å². The van der Waals surface area contributed by atoms with Gasteiger partial charge < -0.3 is 9.64 Å². The summed E-state index contributed by atoms with van der Waals surface area (Å²) in [6, 6.07) is 13.8. The first-order valence-electron chi connectivity index (χ1n) is 9.84. The predicted octanol–water partition coefficient (Wildman–Crippen LogP) is 3.82. The highest BCUT2D eigenvalue weighted by molar-refractivity contribution is 7.92. The van der Waals surface area contributed by atoms with Crippen molar-refractivity contribution < 1.29 is 13.2 Å². The number of piperidine rings is 1. The number of fused-ring (bicyclic) bond motifs is 1. The first-order chi connectivity index (χ1) is 14.1. The largest absolute Gasteiger partial charge is 0.494 e. The lowest BCUT2D eigenvalue weighted by atomic mass is 10.1. The van der Waals surface area contributed by atoms with Crippen LogP contribution in [0.2, 0.25) is 0 Å². The van der Waals surface area contributed by atoms with Gasteiger partial charge in [-0.1, -0.05) is 12.1 Å². The summed E-state index contributed by atoms with van der Waals surface area (Å²) in [6.45, 7) is 4.08. The highest BCUT2D eigenvalue weighted by Gasteiger charge is 2.23. The lowest BCUT2D eigenvalue weighted by Crippen LogP contribution is -2.31. The fraction of sp³-hybridized carbons (Fsp3) is 0.333. The summed E-state index contributed by atoms with van der Waals surface area (Å²) < 4.78 is 34.1. The maximum absolute atomic E-state index is 13.0. The summed E-state index contributed by atoms with van der Waals surface area (Å²) in [7, 11) is -3.81. The molecule has 4 rings (SSSR count). The first kappa shape index (κ1) is 19.4. The van der Waals surface area contributed by atoms with E-state index in [-0.39, 0.29) is 10.7 Å². The number of benzene rings is 2. The van der Waals surface area contributed by atoms with E-state index >= 15 is 0 Å². The molecule has 7 nitrogen and oxygen atoms in total. The Kier molecular flexibility index (Phi) is 5.53. The van der Waals surface area contributed by atoms with Gasteiger partial charge in [0.15, 0.2) is 11.6 Å². The van der Waals surface area contributed by atoms with Gasteiger partial charge in [-0.05, 0) is 62.6 Å². The van der Waals surface area contributed by atoms with Crippen molar-refractivity contribution in [3.8, 4) is 5.75 Å². The highest BCUT2D eigenvalue weighted by Crippen LogP contribution is 2.29. The van der Waals surface area contributed by atoms with E-state index in [4.69, 9.17) is 9.72 Å². The average Bonchev–Trinajstić information content (AvgIpc) is 2.74. The second-order valence-electron chi connectivity index (χ2n) is 6.94. The van der Waals surface area contributed by atoms with Crippen LogP contribution in [0.25, 0.3) is 11.0 Å². The third-order valence-corrected chi connectivity index (χ3v) is 6.24. The minimum atomic E-state index is -3.81. The molecular formula is C21H24N4O3S. The molecule has 2 aromatic carbocycles. The van der Waals surface area contributed by atoms with Crippen molar-refractivity contribution in [2.45, 2.75) is 31.1 Å². The molecule has 8 heteroatoms. The maximum Gasteiger partial charge on any atom is 0.263 e. The van der Waals surface area contributed by atoms with E-state index in [1.807, 2.05) is 31.2 Å². The van der Waals surface area contributed by atoms with Crippen molar-refractivity contribution in [3.63, 3.8) is 0 Å². The van der Waals surface area contributed by atoms with Crippen LogP contribution in [-0.2, 0) is 10.0 Å². The van der Waals surface area contributed by atoms with Gasteiger partial charge in [-0.2, -0.15) is 0 Å². The van der Waals surface area contributed by atoms with Crippen molar-refractivity contribution in [3.05, 3.63) is 48.5 Å². The number of hydrogen-bond acceptors (Lipinski definition) is 6. The van der Waals surface area contributed by atoms with Gasteiger partial charge in [-0.3, -0.25) is 4.72 Å². The third kappa shape index (κ3) is 4.27. The number of nitrogens with one attached hydrogen (secondary N) is 1. The fourth-order valence-corrected chi connectivity index (χ4v) is 4.46. The van der Waals surface area contributed by atoms with Crippen molar-refractivity contribution >= 4 is 32.7 Å². The minimum Gasteiger partial charge on any atom is -0.494 e. The van der Waals surface area contributed by atoms with Crippen molar-refractivity contribution in [2.24, 2.45) is 0 Å². The van der Waals surface area contributed by atoms with Gasteiger partial charge in [-0.25, -0.2) is 18.4 Å². The Morgan fingerprint density at radius 2 is 1.62 bits per heavy atom. The van der Waals surface area contributed by atoms with Crippen molar-refractivity contribution in [1.29, 1.82) is 0 Å². The van der Waals surface area contributed by atoms with Crippen LogP contribution >= 0.6 is 0 Å². The van der Waals surface area contributed by atoms with Crippen LogP contribution in [0.5, 0.6) is 5.75 Å². The van der Waals surface area contributed by atoms with E-state index in [0.717, 1.165) is 31.4 Å². The molecule has 1 N–H and O–H groups in total. The number of ether oxygens (including phenoxy) is 1. The zero-order valence-corrected chi connectivity index (χ0v) is 17.2. The summed E-state index contributed by atoms with van der Waals surface area (Å²) in [5.74, 6) is 1.48. The van der Waals surface area contributed by atoms with Gasteiger partial charge in [0.1, 0.15) is 5.75 Å². The van der Waals surface area contributed by atoms with E-state index in [1.54, 1.807) is 12.1 Å². The SMILES string of the molecule is CCOc1ccc(S(=O)(=O)Nc2nc3ccccc3nc2N2CCCCC2)cc1. The summed E-state index contributed by atoms with van der Waals surface area (Å²) in [5, 5.41) is 0. The maximum atomic E-state index is 13.0. The summed E-state index contributed by atoms with van der Waals surface area (Å²) in [4.78, 5) is 11.6. The molecule has 0 unspecified atom stereocenters. The van der Waals surface area contributed by atoms with Gasteiger partial charge in [0.05, 0.1) is 22.5 Å². The molecule has 0 bridgehead atoms. The zero-order chi connectivity index (χ0) is 20.3. The van der Waals surface area contributed by atoms with Crippen LogP contribution in [0.4, 0.5) is 11.6 Å². The van der Waals surface area contributed by atoms with Crippen LogP contribution in [0.1, 0.15) is 26.2 Å². The molecule has 152 valence electrons. The molecule has 0 saturated carbocycles. The van der Waals surface area contributed by atoms with E-state index in [2.05, 4.69) is 14.6 Å². The van der Waals surface area contributed by atoms with Gasteiger partial charge >= 0.3 is 0 Å². The quantitative estimate of drug-likeness (QED) is 0.663.